The highest BCUT2D eigenvalue weighted by atomic mass is 16.5. The molecule has 23 heavy (non-hydrogen) atoms. The predicted octanol–water partition coefficient (Wildman–Crippen LogP) is 2.02. The van der Waals surface area contributed by atoms with Crippen molar-refractivity contribution in [2.75, 3.05) is 6.61 Å². The highest BCUT2D eigenvalue weighted by molar-refractivity contribution is 5.74. The van der Waals surface area contributed by atoms with Crippen LogP contribution in [-0.2, 0) is 4.79 Å². The number of carbonyl (C=O) groups is 1. The Morgan fingerprint density at radius 2 is 1.96 bits per heavy atom. The van der Waals surface area contributed by atoms with Crippen molar-refractivity contribution in [2.45, 2.75) is 18.9 Å². The Labute approximate surface area is 134 Å². The maximum absolute atomic E-state index is 10.8. The summed E-state index contributed by atoms with van der Waals surface area (Å²) in [6, 6.07) is 15.8. The molecule has 0 saturated carbocycles. The lowest BCUT2D eigenvalue weighted by atomic mass is 9.89. The van der Waals surface area contributed by atoms with Crippen LogP contribution in [0.3, 0.4) is 0 Å². The number of rotatable bonds is 4. The van der Waals surface area contributed by atoms with E-state index in [1.165, 1.54) is 6.92 Å². The van der Waals surface area contributed by atoms with E-state index in [1.54, 1.807) is 6.08 Å². The fourth-order valence-electron chi connectivity index (χ4n) is 2.69. The summed E-state index contributed by atoms with van der Waals surface area (Å²) in [5.41, 5.74) is 1.98. The average Bonchev–Trinajstić information content (AvgIpc) is 2.53. The number of carboxylic acid groups (broad SMARTS) is 1. The summed E-state index contributed by atoms with van der Waals surface area (Å²) in [5.74, 6) is -0.572. The summed E-state index contributed by atoms with van der Waals surface area (Å²) in [6.07, 6.45) is 1.34. The maximum Gasteiger partial charge on any atom is 0.127 e. The molecule has 2 aromatic rings. The standard InChI is InChI=1S/C19H18O4/c1-19(22,11-18(20)21)16-10-15-9-14(7-8-17(15)23-12-16)13-5-3-2-4-6-13/h2-10,22H,11-12H2,1H3,(H,20,21)/p-1. The van der Waals surface area contributed by atoms with Crippen LogP contribution >= 0.6 is 0 Å². The molecule has 0 fully saturated rings. The van der Waals surface area contributed by atoms with Gasteiger partial charge in [0.2, 0.25) is 0 Å². The van der Waals surface area contributed by atoms with Gasteiger partial charge in [-0.1, -0.05) is 36.4 Å². The van der Waals surface area contributed by atoms with Crippen molar-refractivity contribution in [3.63, 3.8) is 0 Å². The smallest absolute Gasteiger partial charge is 0.127 e. The topological polar surface area (TPSA) is 69.6 Å². The Bertz CT molecular complexity index is 760. The number of carbonyl (C=O) groups excluding carboxylic acids is 1. The third-order valence-electron chi connectivity index (χ3n) is 4.01. The third-order valence-corrected chi connectivity index (χ3v) is 4.01. The second-order valence-corrected chi connectivity index (χ2v) is 5.90. The van der Waals surface area contributed by atoms with E-state index in [9.17, 15) is 15.0 Å². The van der Waals surface area contributed by atoms with Crippen LogP contribution in [-0.4, -0.2) is 23.3 Å². The number of aliphatic hydroxyl groups is 1. The van der Waals surface area contributed by atoms with Crippen LogP contribution in [0.4, 0.5) is 0 Å². The summed E-state index contributed by atoms with van der Waals surface area (Å²) in [5, 5.41) is 21.2. The molecule has 1 heterocycles. The molecular weight excluding hydrogens is 292 g/mol. The molecule has 4 heteroatoms. The first-order chi connectivity index (χ1) is 11.0. The van der Waals surface area contributed by atoms with Crippen LogP contribution in [0.2, 0.25) is 0 Å². The zero-order valence-corrected chi connectivity index (χ0v) is 12.8. The van der Waals surface area contributed by atoms with E-state index >= 15 is 0 Å². The van der Waals surface area contributed by atoms with Gasteiger partial charge in [-0.05, 0) is 41.8 Å². The van der Waals surface area contributed by atoms with Gasteiger partial charge in [-0.2, -0.15) is 0 Å². The quantitative estimate of drug-likeness (QED) is 0.938. The maximum atomic E-state index is 10.8. The molecule has 0 bridgehead atoms. The lowest BCUT2D eigenvalue weighted by molar-refractivity contribution is -0.308. The number of fused-ring (bicyclic) bond motifs is 1. The van der Waals surface area contributed by atoms with E-state index in [4.69, 9.17) is 4.74 Å². The molecule has 1 aliphatic rings. The summed E-state index contributed by atoms with van der Waals surface area (Å²) < 4.78 is 5.65. The van der Waals surface area contributed by atoms with Crippen LogP contribution in [0.15, 0.2) is 54.1 Å². The fourth-order valence-corrected chi connectivity index (χ4v) is 2.69. The zero-order valence-electron chi connectivity index (χ0n) is 12.8. The Morgan fingerprint density at radius 3 is 2.65 bits per heavy atom. The van der Waals surface area contributed by atoms with Gasteiger partial charge >= 0.3 is 0 Å². The average molecular weight is 309 g/mol. The Morgan fingerprint density at radius 1 is 1.22 bits per heavy atom. The normalized spacial score (nSPS) is 15.8. The number of benzene rings is 2. The molecule has 2 aromatic carbocycles. The minimum absolute atomic E-state index is 0.165. The second kappa shape index (κ2) is 5.89. The third kappa shape index (κ3) is 3.27. The summed E-state index contributed by atoms with van der Waals surface area (Å²) >= 11 is 0. The van der Waals surface area contributed by atoms with Crippen LogP contribution in [0.1, 0.15) is 18.9 Å². The number of carboxylic acids is 1. The van der Waals surface area contributed by atoms with E-state index in [1.807, 2.05) is 48.5 Å². The van der Waals surface area contributed by atoms with E-state index in [0.717, 1.165) is 22.4 Å². The van der Waals surface area contributed by atoms with Gasteiger partial charge in [0.15, 0.2) is 0 Å². The molecule has 4 nitrogen and oxygen atoms in total. The number of hydrogen-bond donors (Lipinski definition) is 1. The van der Waals surface area contributed by atoms with Crippen molar-refractivity contribution < 1.29 is 19.7 Å². The van der Waals surface area contributed by atoms with Crippen molar-refractivity contribution in [2.24, 2.45) is 0 Å². The highest BCUT2D eigenvalue weighted by Gasteiger charge is 2.29. The monoisotopic (exact) mass is 309 g/mol. The predicted molar refractivity (Wildman–Crippen MR) is 85.6 cm³/mol. The van der Waals surface area contributed by atoms with Gasteiger partial charge in [0.25, 0.3) is 0 Å². The highest BCUT2D eigenvalue weighted by Crippen LogP contribution is 2.34. The fraction of sp³-hybridized carbons (Fsp3) is 0.211. The molecule has 1 atom stereocenters. The molecular formula is C19H17O4-. The Hall–Kier alpha value is -2.59. The van der Waals surface area contributed by atoms with Gasteiger partial charge in [0, 0.05) is 18.0 Å². The first kappa shape index (κ1) is 15.3. The second-order valence-electron chi connectivity index (χ2n) is 5.90. The van der Waals surface area contributed by atoms with Gasteiger partial charge < -0.3 is 19.7 Å². The van der Waals surface area contributed by atoms with E-state index in [0.29, 0.717) is 5.57 Å². The summed E-state index contributed by atoms with van der Waals surface area (Å²) in [6.45, 7) is 1.63. The summed E-state index contributed by atoms with van der Waals surface area (Å²) in [7, 11) is 0. The Balaban J connectivity index is 1.97. The lowest BCUT2D eigenvalue weighted by Gasteiger charge is -2.30. The number of hydrogen-bond acceptors (Lipinski definition) is 4. The molecule has 1 aliphatic heterocycles. The van der Waals surface area contributed by atoms with Crippen molar-refractivity contribution in [3.8, 4) is 16.9 Å². The van der Waals surface area contributed by atoms with Crippen molar-refractivity contribution >= 4 is 12.0 Å². The van der Waals surface area contributed by atoms with Crippen LogP contribution in [0.5, 0.6) is 5.75 Å². The van der Waals surface area contributed by atoms with Crippen molar-refractivity contribution in [1.82, 2.24) is 0 Å². The molecule has 3 rings (SSSR count). The lowest BCUT2D eigenvalue weighted by Crippen LogP contribution is -2.38. The SMILES string of the molecule is CC(O)(CC(=O)[O-])C1=Cc2cc(-c3ccccc3)ccc2OC1. The molecule has 1 N–H and O–H groups in total. The van der Waals surface area contributed by atoms with Gasteiger partial charge in [0.05, 0.1) is 5.60 Å². The van der Waals surface area contributed by atoms with Crippen LogP contribution in [0.25, 0.3) is 17.2 Å². The summed E-state index contributed by atoms with van der Waals surface area (Å²) in [4.78, 5) is 10.8. The minimum Gasteiger partial charge on any atom is -0.550 e. The van der Waals surface area contributed by atoms with Crippen LogP contribution in [0, 0.1) is 0 Å². The molecule has 0 aromatic heterocycles. The first-order valence-corrected chi connectivity index (χ1v) is 7.41. The minimum atomic E-state index is -1.49. The van der Waals surface area contributed by atoms with E-state index in [2.05, 4.69) is 0 Å². The molecule has 0 amide bonds. The van der Waals surface area contributed by atoms with Crippen LogP contribution < -0.4 is 9.84 Å². The van der Waals surface area contributed by atoms with Gasteiger partial charge in [-0.25, -0.2) is 0 Å². The molecule has 0 saturated heterocycles. The van der Waals surface area contributed by atoms with E-state index in [-0.39, 0.29) is 6.61 Å². The van der Waals surface area contributed by atoms with Gasteiger partial charge in [0.1, 0.15) is 12.4 Å². The number of aliphatic carboxylic acids is 1. The zero-order chi connectivity index (χ0) is 16.4. The van der Waals surface area contributed by atoms with Gasteiger partial charge in [-0.15, -0.1) is 0 Å². The van der Waals surface area contributed by atoms with Crippen molar-refractivity contribution in [3.05, 3.63) is 59.7 Å². The molecule has 0 aliphatic carbocycles. The number of ether oxygens (including phenoxy) is 1. The molecule has 118 valence electrons. The largest absolute Gasteiger partial charge is 0.550 e. The Kier molecular flexibility index (Phi) is 3.92. The molecule has 0 radical (unpaired) electrons. The van der Waals surface area contributed by atoms with Crippen molar-refractivity contribution in [1.29, 1.82) is 0 Å². The van der Waals surface area contributed by atoms with E-state index < -0.39 is 18.0 Å². The van der Waals surface area contributed by atoms with Gasteiger partial charge in [-0.3, -0.25) is 0 Å². The molecule has 1 unspecified atom stereocenters. The first-order valence-electron chi connectivity index (χ1n) is 7.41. The molecule has 0 spiro atoms.